The Kier molecular flexibility index (Phi) is 11.0. The molecule has 2 aromatic heterocycles. The van der Waals surface area contributed by atoms with Crippen LogP contribution in [0.5, 0.6) is 5.75 Å². The normalized spacial score (nSPS) is 19.4. The Balaban J connectivity index is 1.56. The molecule has 13 heteroatoms. The van der Waals surface area contributed by atoms with Crippen LogP contribution in [0.3, 0.4) is 0 Å². The number of anilines is 1. The van der Waals surface area contributed by atoms with Crippen molar-refractivity contribution < 1.29 is 38.1 Å². The fourth-order valence-corrected chi connectivity index (χ4v) is 6.14. The number of amides is 1. The summed E-state index contributed by atoms with van der Waals surface area (Å²) in [6, 6.07) is 3.68. The van der Waals surface area contributed by atoms with E-state index in [2.05, 4.69) is 33.1 Å². The van der Waals surface area contributed by atoms with Gasteiger partial charge in [-0.3, -0.25) is 19.0 Å². The highest BCUT2D eigenvalue weighted by atomic mass is 19.1. The van der Waals surface area contributed by atoms with Gasteiger partial charge in [-0.25, -0.2) is 4.98 Å². The van der Waals surface area contributed by atoms with Gasteiger partial charge in [0, 0.05) is 30.7 Å². The molecule has 1 aliphatic heterocycles. The molecule has 2 N–H and O–H groups in total. The quantitative estimate of drug-likeness (QED) is 0.0850. The zero-order valence-electron chi connectivity index (χ0n) is 27.7. The summed E-state index contributed by atoms with van der Waals surface area (Å²) in [5.74, 6) is 1.28. The summed E-state index contributed by atoms with van der Waals surface area (Å²) in [6.07, 6.45) is 7.75. The van der Waals surface area contributed by atoms with Crippen LogP contribution in [0.25, 0.3) is 11.2 Å². The lowest BCUT2D eigenvalue weighted by molar-refractivity contribution is -0.160. The maximum atomic E-state index is 14.6. The van der Waals surface area contributed by atoms with Crippen molar-refractivity contribution in [1.29, 1.82) is 0 Å². The van der Waals surface area contributed by atoms with Crippen molar-refractivity contribution in [2.75, 3.05) is 11.9 Å². The van der Waals surface area contributed by atoms with E-state index in [1.807, 2.05) is 33.8 Å². The van der Waals surface area contributed by atoms with E-state index in [1.54, 1.807) is 6.07 Å². The first-order valence-electron chi connectivity index (χ1n) is 15.7. The number of nitrogens with one attached hydrogen (secondary N) is 1. The third-order valence-corrected chi connectivity index (χ3v) is 8.22. The van der Waals surface area contributed by atoms with Crippen molar-refractivity contribution >= 4 is 34.8 Å². The summed E-state index contributed by atoms with van der Waals surface area (Å²) in [4.78, 5) is 49.7. The van der Waals surface area contributed by atoms with Crippen LogP contribution in [0.15, 0.2) is 18.5 Å². The molecule has 3 heterocycles. The molecular formula is C34H42FN5O7. The molecule has 0 saturated carbocycles. The predicted octanol–water partition coefficient (Wildman–Crippen LogP) is 4.98. The predicted molar refractivity (Wildman–Crippen MR) is 171 cm³/mol. The standard InChI is InChI=1S/C34H42FN5O7/c1-8-10-11-12-13-25(43)37-30-29-31(39-32(35)38-30)40(19-36-29)26-16-24(34(9-2,18-41)47-26)46-27(44)17-33(6,7)28-21(4)14-20(3)15-23(28)45-22(5)42/h2,14-15,19,24,26,41H,8,10-13,16-18H2,1,3-7H3,(H,37,38,39,43)/t24-,26+,34+/m0/s1. The second-order valence-corrected chi connectivity index (χ2v) is 12.6. The number of ether oxygens (including phenoxy) is 3. The maximum Gasteiger partial charge on any atom is 0.312 e. The minimum absolute atomic E-state index is 0.0185. The number of benzene rings is 1. The highest BCUT2D eigenvalue weighted by Crippen LogP contribution is 2.42. The lowest BCUT2D eigenvalue weighted by Crippen LogP contribution is -2.44. The molecule has 4 rings (SSSR count). The fraction of sp³-hybridized carbons (Fsp3) is 0.529. The van der Waals surface area contributed by atoms with E-state index in [1.165, 1.54) is 17.8 Å². The molecule has 0 radical (unpaired) electrons. The third-order valence-electron chi connectivity index (χ3n) is 8.22. The first-order chi connectivity index (χ1) is 22.2. The van der Waals surface area contributed by atoms with E-state index in [0.717, 1.165) is 30.4 Å². The monoisotopic (exact) mass is 651 g/mol. The molecule has 1 aliphatic rings. The van der Waals surface area contributed by atoms with Crippen LogP contribution in [0.1, 0.15) is 95.6 Å². The molecule has 0 unspecified atom stereocenters. The molecular weight excluding hydrogens is 609 g/mol. The number of hydrogen-bond acceptors (Lipinski definition) is 10. The van der Waals surface area contributed by atoms with Gasteiger partial charge in [0.15, 0.2) is 22.6 Å². The zero-order chi connectivity index (χ0) is 34.5. The van der Waals surface area contributed by atoms with Crippen LogP contribution in [0.4, 0.5) is 10.2 Å². The maximum absolute atomic E-state index is 14.6. The summed E-state index contributed by atoms with van der Waals surface area (Å²) in [5.41, 5.74) is 0.0141. The average molecular weight is 652 g/mol. The van der Waals surface area contributed by atoms with Crippen molar-refractivity contribution in [3.8, 4) is 18.1 Å². The number of fused-ring (bicyclic) bond motifs is 1. The van der Waals surface area contributed by atoms with Gasteiger partial charge >= 0.3 is 18.0 Å². The molecule has 1 fully saturated rings. The number of carbonyl (C=O) groups excluding carboxylic acids is 3. The lowest BCUT2D eigenvalue weighted by Gasteiger charge is -2.31. The smallest absolute Gasteiger partial charge is 0.312 e. The fourth-order valence-electron chi connectivity index (χ4n) is 6.14. The Hall–Kier alpha value is -4.41. The largest absolute Gasteiger partial charge is 0.458 e. The van der Waals surface area contributed by atoms with Gasteiger partial charge in [-0.1, -0.05) is 52.0 Å². The number of imidazole rings is 1. The van der Waals surface area contributed by atoms with E-state index in [-0.39, 0.29) is 42.2 Å². The van der Waals surface area contributed by atoms with E-state index in [4.69, 9.17) is 20.6 Å². The number of terminal acetylenes is 1. The van der Waals surface area contributed by atoms with Crippen LogP contribution >= 0.6 is 0 Å². The number of aliphatic hydroxyl groups is 1. The van der Waals surface area contributed by atoms with Crippen molar-refractivity contribution in [3.63, 3.8) is 0 Å². The molecule has 3 aromatic rings. The number of halogens is 1. The third kappa shape index (κ3) is 7.94. The number of aromatic nitrogens is 4. The molecule has 0 aliphatic carbocycles. The molecule has 47 heavy (non-hydrogen) atoms. The van der Waals surface area contributed by atoms with Gasteiger partial charge in [-0.15, -0.1) is 6.42 Å². The summed E-state index contributed by atoms with van der Waals surface area (Å²) >= 11 is 0. The molecule has 252 valence electrons. The number of esters is 2. The van der Waals surface area contributed by atoms with Crippen molar-refractivity contribution in [2.24, 2.45) is 0 Å². The van der Waals surface area contributed by atoms with E-state index < -0.39 is 48.0 Å². The molecule has 1 saturated heterocycles. The van der Waals surface area contributed by atoms with Gasteiger partial charge < -0.3 is 24.6 Å². The van der Waals surface area contributed by atoms with E-state index >= 15 is 0 Å². The van der Waals surface area contributed by atoms with Crippen LogP contribution in [0.2, 0.25) is 0 Å². The number of aryl methyl sites for hydroxylation is 2. The Morgan fingerprint density at radius 1 is 1.23 bits per heavy atom. The SMILES string of the molecule is C#C[C@]1(CO)O[C@@H](n2cnc3c(NC(=O)CCCCCC)nc(F)nc32)C[C@@H]1OC(=O)CC(C)(C)c1c(C)cc(C)cc1OC(C)=O. The second-order valence-electron chi connectivity index (χ2n) is 12.6. The van der Waals surface area contributed by atoms with Crippen molar-refractivity contribution in [1.82, 2.24) is 19.5 Å². The highest BCUT2D eigenvalue weighted by Gasteiger charge is 2.51. The van der Waals surface area contributed by atoms with Crippen molar-refractivity contribution in [3.05, 3.63) is 41.2 Å². The molecule has 1 aromatic carbocycles. The average Bonchev–Trinajstić information content (AvgIpc) is 3.55. The van der Waals surface area contributed by atoms with Gasteiger partial charge in [-0.05, 0) is 37.5 Å². The zero-order valence-corrected chi connectivity index (χ0v) is 27.7. The first kappa shape index (κ1) is 35.4. The summed E-state index contributed by atoms with van der Waals surface area (Å²) in [7, 11) is 0. The van der Waals surface area contributed by atoms with Gasteiger partial charge in [-0.2, -0.15) is 14.4 Å². The number of rotatable bonds is 13. The topological polar surface area (TPSA) is 155 Å². The van der Waals surface area contributed by atoms with Gasteiger partial charge in [0.05, 0.1) is 19.4 Å². The highest BCUT2D eigenvalue weighted by molar-refractivity contribution is 5.96. The van der Waals surface area contributed by atoms with Crippen LogP contribution in [0, 0.1) is 32.3 Å². The Labute approximate surface area is 273 Å². The van der Waals surface area contributed by atoms with Crippen molar-refractivity contribution in [2.45, 2.75) is 110 Å². The summed E-state index contributed by atoms with van der Waals surface area (Å²) in [5, 5.41) is 13.0. The Bertz CT molecular complexity index is 1700. The van der Waals surface area contributed by atoms with Gasteiger partial charge in [0.1, 0.15) is 18.1 Å². The first-order valence-corrected chi connectivity index (χ1v) is 15.7. The second kappa shape index (κ2) is 14.6. The number of unbranched alkanes of at least 4 members (excludes halogenated alkanes) is 3. The number of aliphatic hydroxyl groups excluding tert-OH is 1. The molecule has 0 spiro atoms. The van der Waals surface area contributed by atoms with E-state index in [0.29, 0.717) is 17.7 Å². The lowest BCUT2D eigenvalue weighted by atomic mass is 9.78. The van der Waals surface area contributed by atoms with Gasteiger partial charge in [0.25, 0.3) is 0 Å². The molecule has 1 amide bonds. The molecule has 0 bridgehead atoms. The van der Waals surface area contributed by atoms with Crippen LogP contribution < -0.4 is 10.1 Å². The Morgan fingerprint density at radius 3 is 2.64 bits per heavy atom. The van der Waals surface area contributed by atoms with Crippen LogP contribution in [-0.4, -0.2) is 60.8 Å². The molecule has 12 nitrogen and oxygen atoms in total. The summed E-state index contributed by atoms with van der Waals surface area (Å²) in [6.45, 7) is 10.1. The number of carbonyl (C=O) groups is 3. The van der Waals surface area contributed by atoms with E-state index in [9.17, 15) is 23.9 Å². The summed E-state index contributed by atoms with van der Waals surface area (Å²) < 4.78 is 33.5. The minimum Gasteiger partial charge on any atom is -0.458 e. The molecule has 3 atom stereocenters. The number of hydrogen-bond donors (Lipinski definition) is 2. The Morgan fingerprint density at radius 2 is 1.98 bits per heavy atom. The minimum atomic E-state index is -1.72. The number of nitrogens with zero attached hydrogens (tertiary/aromatic N) is 4. The van der Waals surface area contributed by atoms with Crippen LogP contribution in [-0.2, 0) is 29.3 Å². The van der Waals surface area contributed by atoms with Gasteiger partial charge in [0.2, 0.25) is 5.91 Å².